The smallest absolute Gasteiger partial charge is 0.0883 e. The zero-order valence-corrected chi connectivity index (χ0v) is 8.04. The van der Waals surface area contributed by atoms with Gasteiger partial charge in [-0.1, -0.05) is 4.49 Å². The van der Waals surface area contributed by atoms with E-state index < -0.39 is 0 Å². The predicted octanol–water partition coefficient (Wildman–Crippen LogP) is 1.04. The lowest BCUT2D eigenvalue weighted by molar-refractivity contribution is 1.06. The van der Waals surface area contributed by atoms with Crippen molar-refractivity contribution in [2.75, 3.05) is 12.3 Å². The van der Waals surface area contributed by atoms with Crippen molar-refractivity contribution < 1.29 is 0 Å². The fourth-order valence-corrected chi connectivity index (χ4v) is 1.99. The minimum Gasteiger partial charge on any atom is -0.330 e. The van der Waals surface area contributed by atoms with Crippen LogP contribution < -0.4 is 5.73 Å². The van der Waals surface area contributed by atoms with Crippen LogP contribution in [0.4, 0.5) is 0 Å². The SMILES string of the molecule is Cc1snnc1CSCCN. The molecule has 11 heavy (non-hydrogen) atoms. The molecule has 0 aromatic carbocycles. The average molecular weight is 189 g/mol. The fourth-order valence-electron chi connectivity index (χ4n) is 0.637. The second-order valence-electron chi connectivity index (χ2n) is 2.12. The van der Waals surface area contributed by atoms with E-state index in [2.05, 4.69) is 9.59 Å². The van der Waals surface area contributed by atoms with Crippen LogP contribution in [0.2, 0.25) is 0 Å². The minimum absolute atomic E-state index is 0.737. The summed E-state index contributed by atoms with van der Waals surface area (Å²) in [5.74, 6) is 1.94. The van der Waals surface area contributed by atoms with E-state index in [-0.39, 0.29) is 0 Å². The second kappa shape index (κ2) is 4.69. The second-order valence-corrected chi connectivity index (χ2v) is 4.18. The maximum absolute atomic E-state index is 5.35. The van der Waals surface area contributed by atoms with Crippen LogP contribution >= 0.6 is 23.3 Å². The van der Waals surface area contributed by atoms with Gasteiger partial charge in [-0.2, -0.15) is 11.8 Å². The fraction of sp³-hybridized carbons (Fsp3) is 0.667. The van der Waals surface area contributed by atoms with Gasteiger partial charge in [0.2, 0.25) is 0 Å². The summed E-state index contributed by atoms with van der Waals surface area (Å²) in [5, 5.41) is 3.99. The molecule has 0 unspecified atom stereocenters. The molecule has 0 atom stereocenters. The highest BCUT2D eigenvalue weighted by Crippen LogP contribution is 2.14. The monoisotopic (exact) mass is 189 g/mol. The van der Waals surface area contributed by atoms with Crippen molar-refractivity contribution in [1.29, 1.82) is 0 Å². The largest absolute Gasteiger partial charge is 0.330 e. The van der Waals surface area contributed by atoms with E-state index in [4.69, 9.17) is 5.73 Å². The van der Waals surface area contributed by atoms with E-state index in [9.17, 15) is 0 Å². The first-order valence-electron chi connectivity index (χ1n) is 3.40. The summed E-state index contributed by atoms with van der Waals surface area (Å²) in [6.07, 6.45) is 0. The first kappa shape index (κ1) is 8.96. The first-order chi connectivity index (χ1) is 5.34. The lowest BCUT2D eigenvalue weighted by Gasteiger charge is -1.95. The Morgan fingerprint density at radius 1 is 1.64 bits per heavy atom. The Morgan fingerprint density at radius 3 is 3.00 bits per heavy atom. The Hall–Kier alpha value is -0.130. The Kier molecular flexibility index (Phi) is 3.82. The van der Waals surface area contributed by atoms with Crippen LogP contribution in [-0.2, 0) is 5.75 Å². The van der Waals surface area contributed by atoms with Gasteiger partial charge < -0.3 is 5.73 Å². The molecule has 0 saturated heterocycles. The first-order valence-corrected chi connectivity index (χ1v) is 5.33. The van der Waals surface area contributed by atoms with Gasteiger partial charge in [0.25, 0.3) is 0 Å². The van der Waals surface area contributed by atoms with Crippen LogP contribution in [0.1, 0.15) is 10.6 Å². The van der Waals surface area contributed by atoms with Crippen molar-refractivity contribution >= 4 is 23.3 Å². The number of aromatic nitrogens is 2. The van der Waals surface area contributed by atoms with E-state index >= 15 is 0 Å². The molecule has 5 heteroatoms. The summed E-state index contributed by atoms with van der Waals surface area (Å²) in [6.45, 7) is 2.78. The Balaban J connectivity index is 2.32. The Morgan fingerprint density at radius 2 is 2.45 bits per heavy atom. The van der Waals surface area contributed by atoms with Crippen molar-refractivity contribution in [3.8, 4) is 0 Å². The highest BCUT2D eigenvalue weighted by Gasteiger charge is 2.01. The van der Waals surface area contributed by atoms with Crippen LogP contribution in [0.5, 0.6) is 0 Å². The third-order valence-electron chi connectivity index (χ3n) is 1.25. The maximum Gasteiger partial charge on any atom is 0.0883 e. The van der Waals surface area contributed by atoms with Crippen LogP contribution in [0.25, 0.3) is 0 Å². The van der Waals surface area contributed by atoms with E-state index in [1.54, 1.807) is 11.8 Å². The van der Waals surface area contributed by atoms with Crippen molar-refractivity contribution in [3.63, 3.8) is 0 Å². The summed E-state index contributed by atoms with van der Waals surface area (Å²) in [4.78, 5) is 1.22. The highest BCUT2D eigenvalue weighted by molar-refractivity contribution is 7.98. The molecule has 1 heterocycles. The summed E-state index contributed by atoms with van der Waals surface area (Å²) < 4.78 is 3.85. The number of hydrogen-bond donors (Lipinski definition) is 1. The van der Waals surface area contributed by atoms with Gasteiger partial charge in [-0.05, 0) is 18.5 Å². The molecule has 1 aromatic heterocycles. The summed E-state index contributed by atoms with van der Waals surface area (Å²) in [5.41, 5.74) is 6.46. The van der Waals surface area contributed by atoms with Gasteiger partial charge >= 0.3 is 0 Å². The van der Waals surface area contributed by atoms with Crippen molar-refractivity contribution in [1.82, 2.24) is 9.59 Å². The highest BCUT2D eigenvalue weighted by atomic mass is 32.2. The van der Waals surface area contributed by atoms with E-state index in [1.807, 2.05) is 6.92 Å². The van der Waals surface area contributed by atoms with Crippen molar-refractivity contribution in [2.45, 2.75) is 12.7 Å². The molecule has 0 aliphatic carbocycles. The molecule has 2 N–H and O–H groups in total. The van der Waals surface area contributed by atoms with Crippen molar-refractivity contribution in [2.24, 2.45) is 5.73 Å². The number of aryl methyl sites for hydroxylation is 1. The summed E-state index contributed by atoms with van der Waals surface area (Å²) in [6, 6.07) is 0. The molecule has 3 nitrogen and oxygen atoms in total. The molecule has 1 aromatic rings. The van der Waals surface area contributed by atoms with Gasteiger partial charge in [0.1, 0.15) is 0 Å². The summed E-state index contributed by atoms with van der Waals surface area (Å²) in [7, 11) is 0. The molecular weight excluding hydrogens is 178 g/mol. The number of nitrogens with two attached hydrogens (primary N) is 1. The van der Waals surface area contributed by atoms with Crippen molar-refractivity contribution in [3.05, 3.63) is 10.6 Å². The number of rotatable bonds is 4. The van der Waals surface area contributed by atoms with E-state index in [0.29, 0.717) is 0 Å². The molecule has 0 amide bonds. The zero-order valence-electron chi connectivity index (χ0n) is 6.41. The minimum atomic E-state index is 0.737. The third-order valence-corrected chi connectivity index (χ3v) is 2.92. The lowest BCUT2D eigenvalue weighted by atomic mass is 10.4. The van der Waals surface area contributed by atoms with Gasteiger partial charge in [0.05, 0.1) is 5.69 Å². The van der Waals surface area contributed by atoms with Gasteiger partial charge in [0, 0.05) is 22.9 Å². The summed E-state index contributed by atoms with van der Waals surface area (Å²) >= 11 is 3.26. The number of nitrogens with zero attached hydrogens (tertiary/aromatic N) is 2. The van der Waals surface area contributed by atoms with Gasteiger partial charge in [-0.15, -0.1) is 5.10 Å². The molecule has 62 valence electrons. The topological polar surface area (TPSA) is 51.8 Å². The molecule has 0 aliphatic heterocycles. The Labute approximate surface area is 74.5 Å². The molecule has 0 fully saturated rings. The Bertz CT molecular complexity index is 211. The van der Waals surface area contributed by atoms with E-state index in [1.165, 1.54) is 16.4 Å². The number of thioether (sulfide) groups is 1. The molecule has 0 saturated carbocycles. The van der Waals surface area contributed by atoms with Crippen LogP contribution in [-0.4, -0.2) is 21.9 Å². The van der Waals surface area contributed by atoms with Crippen LogP contribution in [0, 0.1) is 6.92 Å². The molecule has 0 spiro atoms. The zero-order chi connectivity index (χ0) is 8.10. The molecular formula is C6H11N3S2. The third kappa shape index (κ3) is 2.76. The van der Waals surface area contributed by atoms with Crippen LogP contribution in [0.3, 0.4) is 0 Å². The van der Waals surface area contributed by atoms with E-state index in [0.717, 1.165) is 23.7 Å². The molecule has 0 radical (unpaired) electrons. The number of hydrogen-bond acceptors (Lipinski definition) is 5. The van der Waals surface area contributed by atoms with Crippen LogP contribution in [0.15, 0.2) is 0 Å². The molecule has 1 rings (SSSR count). The standard InChI is InChI=1S/C6H11N3S2/c1-5-6(8-9-11-5)4-10-3-2-7/h2-4,7H2,1H3. The lowest BCUT2D eigenvalue weighted by Crippen LogP contribution is -2.01. The molecule has 0 bridgehead atoms. The molecule has 0 aliphatic rings. The maximum atomic E-state index is 5.35. The normalized spacial score (nSPS) is 10.4. The van der Waals surface area contributed by atoms with Gasteiger partial charge in [-0.3, -0.25) is 0 Å². The van der Waals surface area contributed by atoms with Gasteiger partial charge in [-0.25, -0.2) is 0 Å². The predicted molar refractivity (Wildman–Crippen MR) is 49.9 cm³/mol. The average Bonchev–Trinajstić information content (AvgIpc) is 2.37. The quantitative estimate of drug-likeness (QED) is 0.719. The van der Waals surface area contributed by atoms with Gasteiger partial charge in [0.15, 0.2) is 0 Å².